The predicted octanol–water partition coefficient (Wildman–Crippen LogP) is 1.40. The van der Waals surface area contributed by atoms with E-state index < -0.39 is 48.1 Å². The Morgan fingerprint density at radius 1 is 1.26 bits per heavy atom. The molecule has 6 N–H and O–H groups in total. The number of ether oxygens (including phenoxy) is 1. The number of hydrogen-bond acceptors (Lipinski definition) is 8. The van der Waals surface area contributed by atoms with Crippen molar-refractivity contribution in [3.63, 3.8) is 0 Å². The number of aliphatic carboxylic acids is 2. The second-order valence-corrected chi connectivity index (χ2v) is 9.01. The van der Waals surface area contributed by atoms with Crippen LogP contribution in [0.25, 0.3) is 0 Å². The molecule has 35 heavy (non-hydrogen) atoms. The number of halogens is 1. The van der Waals surface area contributed by atoms with Gasteiger partial charge in [0, 0.05) is 17.0 Å². The van der Waals surface area contributed by atoms with E-state index in [0.29, 0.717) is 25.9 Å². The number of benzene rings is 1. The molecular formula is C22H23FN4O7S. The number of amides is 1. The number of likely N-dealkylation sites (tertiary alicyclic amines) is 1. The molecule has 0 saturated carbocycles. The Kier molecular flexibility index (Phi) is 8.14. The molecule has 1 aromatic heterocycles. The first-order valence-electron chi connectivity index (χ1n) is 10.5. The van der Waals surface area contributed by atoms with E-state index in [1.165, 1.54) is 18.2 Å². The smallest absolute Gasteiger partial charge is 0.353 e. The number of thiophene rings is 1. The molecule has 0 bridgehead atoms. The van der Waals surface area contributed by atoms with Crippen molar-refractivity contribution in [2.24, 2.45) is 5.73 Å². The van der Waals surface area contributed by atoms with Gasteiger partial charge in [0.2, 0.25) is 5.91 Å². The number of esters is 1. The maximum absolute atomic E-state index is 14.2. The molecule has 3 rings (SSSR count). The molecule has 2 atom stereocenters. The lowest BCUT2D eigenvalue weighted by Gasteiger charge is -2.24. The van der Waals surface area contributed by atoms with Gasteiger partial charge in [0.25, 0.3) is 0 Å². The summed E-state index contributed by atoms with van der Waals surface area (Å²) in [6, 6.07) is 4.58. The van der Waals surface area contributed by atoms with Gasteiger partial charge in [-0.25, -0.2) is 14.0 Å². The van der Waals surface area contributed by atoms with Crippen molar-refractivity contribution >= 4 is 41.0 Å². The lowest BCUT2D eigenvalue weighted by molar-refractivity contribution is -0.147. The van der Waals surface area contributed by atoms with Gasteiger partial charge in [-0.3, -0.25) is 19.9 Å². The highest BCUT2D eigenvalue weighted by Gasteiger charge is 2.34. The molecule has 0 radical (unpaired) electrons. The number of amidine groups is 1. The number of nitrogens with two attached hydrogens (primary N) is 1. The molecular weight excluding hydrogens is 483 g/mol. The number of hydrogen-bond donors (Lipinski definition) is 5. The quantitative estimate of drug-likeness (QED) is 0.138. The second-order valence-electron chi connectivity index (χ2n) is 7.84. The number of carboxylic acid groups (broad SMARTS) is 2. The first kappa shape index (κ1) is 25.8. The van der Waals surface area contributed by atoms with Crippen LogP contribution in [-0.2, 0) is 20.9 Å². The largest absolute Gasteiger partial charge is 0.481 e. The van der Waals surface area contributed by atoms with Gasteiger partial charge in [-0.1, -0.05) is 0 Å². The number of nitrogens with zero attached hydrogens (tertiary/aromatic N) is 1. The summed E-state index contributed by atoms with van der Waals surface area (Å²) in [5.74, 6) is -5.58. The summed E-state index contributed by atoms with van der Waals surface area (Å²) in [5, 5.41) is 27.6. The van der Waals surface area contributed by atoms with Crippen LogP contribution >= 0.6 is 11.3 Å². The third kappa shape index (κ3) is 6.61. The third-order valence-corrected chi connectivity index (χ3v) is 6.38. The molecule has 186 valence electrons. The van der Waals surface area contributed by atoms with Gasteiger partial charge in [0.1, 0.15) is 16.8 Å². The number of nitrogens with one attached hydrogen (secondary N) is 2. The van der Waals surface area contributed by atoms with Gasteiger partial charge in [0.15, 0.2) is 11.6 Å². The zero-order chi connectivity index (χ0) is 25.7. The van der Waals surface area contributed by atoms with Gasteiger partial charge in [-0.15, -0.1) is 11.3 Å². The van der Waals surface area contributed by atoms with E-state index >= 15 is 0 Å². The molecule has 1 amide bonds. The number of carbonyl (C=O) groups is 4. The minimum atomic E-state index is -1.53. The highest BCUT2D eigenvalue weighted by molar-refractivity contribution is 7.13. The Hall–Kier alpha value is -3.84. The molecule has 13 heteroatoms. The minimum Gasteiger partial charge on any atom is -0.481 e. The molecule has 0 spiro atoms. The van der Waals surface area contributed by atoms with Crippen molar-refractivity contribution < 1.29 is 38.5 Å². The first-order valence-corrected chi connectivity index (χ1v) is 11.3. The predicted molar refractivity (Wildman–Crippen MR) is 122 cm³/mol. The molecule has 1 unspecified atom stereocenters. The van der Waals surface area contributed by atoms with Crippen LogP contribution in [0, 0.1) is 11.2 Å². The van der Waals surface area contributed by atoms with Gasteiger partial charge in [0.05, 0.1) is 12.5 Å². The standard InChI is InChI=1S/C22H23FN4O7S/c23-13-8-11(19(24)25)3-5-16(13)34-22(33)17-6-4-12(35-17)10-27-7-1-2-15(27)20(30)26-14(21(31)32)9-18(28)29/h3-6,8,14-15H,1-2,7,9-10H2,(H3,24,25)(H,26,30)(H,28,29)(H,31,32)/t14-,15?/m0/s1. The van der Waals surface area contributed by atoms with Gasteiger partial charge < -0.3 is 26.0 Å². The molecule has 0 aliphatic carbocycles. The number of carboxylic acids is 2. The van der Waals surface area contributed by atoms with Gasteiger partial charge in [-0.2, -0.15) is 0 Å². The molecule has 2 heterocycles. The maximum Gasteiger partial charge on any atom is 0.353 e. The van der Waals surface area contributed by atoms with Crippen molar-refractivity contribution in [1.82, 2.24) is 10.2 Å². The fourth-order valence-electron chi connectivity index (χ4n) is 3.63. The maximum atomic E-state index is 14.2. The van der Waals surface area contributed by atoms with Crippen LogP contribution in [0.5, 0.6) is 5.75 Å². The molecule has 1 aromatic carbocycles. The number of nitrogen functional groups attached to an aromatic ring is 1. The molecule has 1 fully saturated rings. The van der Waals surface area contributed by atoms with Crippen molar-refractivity contribution in [3.05, 3.63) is 51.5 Å². The summed E-state index contributed by atoms with van der Waals surface area (Å²) in [5.41, 5.74) is 5.47. The number of rotatable bonds is 10. The van der Waals surface area contributed by atoms with Gasteiger partial charge >= 0.3 is 17.9 Å². The van der Waals surface area contributed by atoms with Crippen molar-refractivity contribution in [3.8, 4) is 5.75 Å². The molecule has 1 saturated heterocycles. The van der Waals surface area contributed by atoms with Crippen LogP contribution in [0.3, 0.4) is 0 Å². The van der Waals surface area contributed by atoms with Gasteiger partial charge in [-0.05, 0) is 49.7 Å². The lowest BCUT2D eigenvalue weighted by atomic mass is 10.1. The molecule has 11 nitrogen and oxygen atoms in total. The summed E-state index contributed by atoms with van der Waals surface area (Å²) in [6.07, 6.45) is 0.424. The molecule has 1 aliphatic heterocycles. The van der Waals surface area contributed by atoms with E-state index in [1.807, 2.05) is 4.90 Å². The summed E-state index contributed by atoms with van der Waals surface area (Å²) in [7, 11) is 0. The topological polar surface area (TPSA) is 183 Å². The Labute approximate surface area is 202 Å². The monoisotopic (exact) mass is 506 g/mol. The molecule has 1 aliphatic rings. The van der Waals surface area contributed by atoms with E-state index in [9.17, 15) is 23.6 Å². The van der Waals surface area contributed by atoms with Crippen LogP contribution in [0.1, 0.15) is 39.4 Å². The highest BCUT2D eigenvalue weighted by Crippen LogP contribution is 2.26. The van der Waals surface area contributed by atoms with Crippen LogP contribution in [-0.4, -0.2) is 63.4 Å². The number of carbonyl (C=O) groups excluding carboxylic acids is 2. The van der Waals surface area contributed by atoms with Crippen LogP contribution in [0.15, 0.2) is 30.3 Å². The van der Waals surface area contributed by atoms with E-state index in [2.05, 4.69) is 5.32 Å². The molecule has 2 aromatic rings. The summed E-state index contributed by atoms with van der Waals surface area (Å²) >= 11 is 1.11. The SMILES string of the molecule is N=C(N)c1ccc(OC(=O)c2ccc(CN3CCCC3C(=O)N[C@@H](CC(=O)O)C(=O)O)s2)c(F)c1. The Balaban J connectivity index is 1.63. The summed E-state index contributed by atoms with van der Waals surface area (Å²) in [4.78, 5) is 49.9. The van der Waals surface area contributed by atoms with Crippen LogP contribution in [0.2, 0.25) is 0 Å². The second kappa shape index (κ2) is 11.1. The minimum absolute atomic E-state index is 0.155. The van der Waals surface area contributed by atoms with Crippen LogP contribution in [0.4, 0.5) is 4.39 Å². The zero-order valence-electron chi connectivity index (χ0n) is 18.3. The van der Waals surface area contributed by atoms with E-state index in [0.717, 1.165) is 22.3 Å². The van der Waals surface area contributed by atoms with E-state index in [1.54, 1.807) is 6.07 Å². The normalized spacial score (nSPS) is 16.4. The first-order chi connectivity index (χ1) is 16.5. The average Bonchev–Trinajstić information content (AvgIpc) is 3.44. The van der Waals surface area contributed by atoms with Crippen molar-refractivity contribution in [2.75, 3.05) is 6.54 Å². The Morgan fingerprint density at radius 2 is 2.00 bits per heavy atom. The lowest BCUT2D eigenvalue weighted by Crippen LogP contribution is -2.49. The Bertz CT molecular complexity index is 1170. The Morgan fingerprint density at radius 3 is 2.63 bits per heavy atom. The zero-order valence-corrected chi connectivity index (χ0v) is 19.1. The van der Waals surface area contributed by atoms with Crippen LogP contribution < -0.4 is 15.8 Å². The van der Waals surface area contributed by atoms with E-state index in [4.69, 9.17) is 26.1 Å². The van der Waals surface area contributed by atoms with Crippen molar-refractivity contribution in [2.45, 2.75) is 37.9 Å². The summed E-state index contributed by atoms with van der Waals surface area (Å²) in [6.45, 7) is 0.856. The summed E-state index contributed by atoms with van der Waals surface area (Å²) < 4.78 is 19.3. The fraction of sp³-hybridized carbons (Fsp3) is 0.318. The fourth-order valence-corrected chi connectivity index (χ4v) is 4.54. The van der Waals surface area contributed by atoms with E-state index in [-0.39, 0.29) is 22.0 Å². The van der Waals surface area contributed by atoms with Crippen molar-refractivity contribution in [1.29, 1.82) is 5.41 Å². The highest BCUT2D eigenvalue weighted by atomic mass is 32.1. The average molecular weight is 507 g/mol. The third-order valence-electron chi connectivity index (χ3n) is 5.33.